The third kappa shape index (κ3) is 3.29. The summed E-state index contributed by atoms with van der Waals surface area (Å²) in [6.45, 7) is 0. The van der Waals surface area contributed by atoms with Gasteiger partial charge in [-0.25, -0.2) is 0 Å². The van der Waals surface area contributed by atoms with Crippen LogP contribution in [0, 0.1) is 6.07 Å². The first-order valence-electron chi connectivity index (χ1n) is 7.28. The molecule has 0 amide bonds. The highest BCUT2D eigenvalue weighted by molar-refractivity contribution is 5.74. The van der Waals surface area contributed by atoms with Crippen LogP contribution in [0.15, 0.2) is 66.7 Å². The fraction of sp³-hybridized carbons (Fsp3) is 0.100. The normalized spacial score (nSPS) is 10.2. The van der Waals surface area contributed by atoms with Crippen LogP contribution in [0.2, 0.25) is 0 Å². The topological polar surface area (TPSA) is 27.7 Å². The van der Waals surface area contributed by atoms with Gasteiger partial charge in [0.25, 0.3) is 0 Å². The van der Waals surface area contributed by atoms with Gasteiger partial charge in [0, 0.05) is 11.6 Å². The number of benzene rings is 3. The van der Waals surface area contributed by atoms with Crippen molar-refractivity contribution in [2.75, 3.05) is 14.2 Å². The largest absolute Gasteiger partial charge is 0.493 e. The van der Waals surface area contributed by atoms with Crippen LogP contribution in [0.25, 0.3) is 11.1 Å². The predicted molar refractivity (Wildman–Crippen MR) is 90.3 cm³/mol. The van der Waals surface area contributed by atoms with E-state index < -0.39 is 0 Å². The SMILES string of the molecule is COc1cccc(-c2cc[c]c(Oc3ccccc3)c2)c1OC. The van der Waals surface area contributed by atoms with Gasteiger partial charge in [-0.3, -0.25) is 0 Å². The Balaban J connectivity index is 1.97. The smallest absolute Gasteiger partial charge is 0.168 e. The Kier molecular flexibility index (Phi) is 4.48. The van der Waals surface area contributed by atoms with Gasteiger partial charge in [-0.05, 0) is 35.9 Å². The third-order valence-corrected chi connectivity index (χ3v) is 3.46. The summed E-state index contributed by atoms with van der Waals surface area (Å²) in [6, 6.07) is 24.3. The lowest BCUT2D eigenvalue weighted by atomic mass is 10.0. The fourth-order valence-corrected chi connectivity index (χ4v) is 2.40. The molecule has 3 nitrogen and oxygen atoms in total. The molecule has 3 rings (SSSR count). The molecule has 0 fully saturated rings. The minimum absolute atomic E-state index is 0.651. The predicted octanol–water partition coefficient (Wildman–Crippen LogP) is 4.96. The summed E-state index contributed by atoms with van der Waals surface area (Å²) in [5.41, 5.74) is 1.92. The minimum Gasteiger partial charge on any atom is -0.493 e. The average molecular weight is 305 g/mol. The first kappa shape index (κ1) is 15.0. The van der Waals surface area contributed by atoms with Gasteiger partial charge >= 0.3 is 0 Å². The Bertz CT molecular complexity index is 782. The van der Waals surface area contributed by atoms with Gasteiger partial charge in [-0.2, -0.15) is 0 Å². The van der Waals surface area contributed by atoms with Gasteiger partial charge in [0.05, 0.1) is 14.2 Å². The Morgan fingerprint density at radius 1 is 0.826 bits per heavy atom. The van der Waals surface area contributed by atoms with Crippen LogP contribution in [-0.2, 0) is 0 Å². The molecule has 0 heterocycles. The van der Waals surface area contributed by atoms with E-state index in [4.69, 9.17) is 14.2 Å². The van der Waals surface area contributed by atoms with Crippen LogP contribution < -0.4 is 14.2 Å². The second-order valence-electron chi connectivity index (χ2n) is 4.90. The molecule has 3 aromatic carbocycles. The zero-order valence-corrected chi connectivity index (χ0v) is 13.1. The summed E-state index contributed by atoms with van der Waals surface area (Å²) >= 11 is 0. The second-order valence-corrected chi connectivity index (χ2v) is 4.90. The molecule has 0 N–H and O–H groups in total. The van der Waals surface area contributed by atoms with Crippen molar-refractivity contribution >= 4 is 0 Å². The molecule has 3 aromatic rings. The summed E-state index contributed by atoms with van der Waals surface area (Å²) in [7, 11) is 3.27. The standard InChI is InChI=1S/C20H17O3/c1-21-19-13-7-12-18(20(19)22-2)15-8-6-11-17(14-15)23-16-9-4-3-5-10-16/h3-10,12-14H,1-2H3. The quantitative estimate of drug-likeness (QED) is 0.666. The van der Waals surface area contributed by atoms with E-state index in [0.717, 1.165) is 16.9 Å². The molecule has 0 saturated carbocycles. The van der Waals surface area contributed by atoms with E-state index in [2.05, 4.69) is 6.07 Å². The molecular weight excluding hydrogens is 288 g/mol. The molecule has 3 heteroatoms. The van der Waals surface area contributed by atoms with Gasteiger partial charge in [0.1, 0.15) is 11.5 Å². The molecule has 0 atom stereocenters. The van der Waals surface area contributed by atoms with E-state index in [0.29, 0.717) is 17.2 Å². The monoisotopic (exact) mass is 305 g/mol. The maximum atomic E-state index is 5.84. The van der Waals surface area contributed by atoms with E-state index >= 15 is 0 Å². The summed E-state index contributed by atoms with van der Waals surface area (Å²) in [5, 5.41) is 0. The summed E-state index contributed by atoms with van der Waals surface area (Å²) in [5.74, 6) is 2.83. The number of hydrogen-bond donors (Lipinski definition) is 0. The van der Waals surface area contributed by atoms with Crippen molar-refractivity contribution in [3.8, 4) is 34.1 Å². The number of methoxy groups -OCH3 is 2. The molecule has 0 aliphatic carbocycles. The number of hydrogen-bond acceptors (Lipinski definition) is 3. The Hall–Kier alpha value is -2.94. The molecule has 23 heavy (non-hydrogen) atoms. The van der Waals surface area contributed by atoms with E-state index in [1.165, 1.54) is 0 Å². The third-order valence-electron chi connectivity index (χ3n) is 3.46. The van der Waals surface area contributed by atoms with E-state index in [1.807, 2.05) is 66.7 Å². The number of para-hydroxylation sites is 2. The highest BCUT2D eigenvalue weighted by Crippen LogP contribution is 2.38. The maximum absolute atomic E-state index is 5.84. The lowest BCUT2D eigenvalue weighted by Gasteiger charge is -2.13. The number of ether oxygens (including phenoxy) is 3. The fourth-order valence-electron chi connectivity index (χ4n) is 2.40. The molecule has 1 radical (unpaired) electrons. The Labute approximate surface area is 136 Å². The van der Waals surface area contributed by atoms with Crippen molar-refractivity contribution in [1.29, 1.82) is 0 Å². The Morgan fingerprint density at radius 2 is 1.65 bits per heavy atom. The molecule has 0 bridgehead atoms. The van der Waals surface area contributed by atoms with Gasteiger partial charge in [-0.1, -0.05) is 36.4 Å². The molecular formula is C20H17O3. The molecule has 0 aliphatic heterocycles. The van der Waals surface area contributed by atoms with Crippen LogP contribution in [0.3, 0.4) is 0 Å². The summed E-state index contributed by atoms with van der Waals surface area (Å²) < 4.78 is 16.7. The maximum Gasteiger partial charge on any atom is 0.168 e. The molecule has 0 aliphatic rings. The molecule has 0 aromatic heterocycles. The highest BCUT2D eigenvalue weighted by atomic mass is 16.5. The van der Waals surface area contributed by atoms with Crippen LogP contribution >= 0.6 is 0 Å². The molecule has 0 unspecified atom stereocenters. The lowest BCUT2D eigenvalue weighted by molar-refractivity contribution is 0.356. The van der Waals surface area contributed by atoms with Gasteiger partial charge < -0.3 is 14.2 Å². The lowest BCUT2D eigenvalue weighted by Crippen LogP contribution is -1.93. The second kappa shape index (κ2) is 6.88. The minimum atomic E-state index is 0.651. The first-order chi connectivity index (χ1) is 11.3. The van der Waals surface area contributed by atoms with Crippen molar-refractivity contribution < 1.29 is 14.2 Å². The highest BCUT2D eigenvalue weighted by Gasteiger charge is 2.12. The summed E-state index contributed by atoms with van der Waals surface area (Å²) in [4.78, 5) is 0. The Morgan fingerprint density at radius 3 is 2.39 bits per heavy atom. The molecule has 0 saturated heterocycles. The van der Waals surface area contributed by atoms with E-state index in [1.54, 1.807) is 14.2 Å². The molecule has 115 valence electrons. The number of rotatable bonds is 5. The zero-order valence-electron chi connectivity index (χ0n) is 13.1. The van der Waals surface area contributed by atoms with Crippen molar-refractivity contribution in [2.24, 2.45) is 0 Å². The van der Waals surface area contributed by atoms with Crippen LogP contribution in [0.5, 0.6) is 23.0 Å². The van der Waals surface area contributed by atoms with Gasteiger partial charge in [0.15, 0.2) is 11.5 Å². The van der Waals surface area contributed by atoms with Crippen molar-refractivity contribution in [2.45, 2.75) is 0 Å². The van der Waals surface area contributed by atoms with Crippen molar-refractivity contribution in [3.63, 3.8) is 0 Å². The van der Waals surface area contributed by atoms with E-state index in [9.17, 15) is 0 Å². The first-order valence-corrected chi connectivity index (χ1v) is 7.28. The summed E-state index contributed by atoms with van der Waals surface area (Å²) in [6.07, 6.45) is 0. The van der Waals surface area contributed by atoms with Crippen LogP contribution in [0.1, 0.15) is 0 Å². The van der Waals surface area contributed by atoms with Crippen LogP contribution in [0.4, 0.5) is 0 Å². The van der Waals surface area contributed by atoms with Crippen molar-refractivity contribution in [1.82, 2.24) is 0 Å². The average Bonchev–Trinajstić information content (AvgIpc) is 2.62. The van der Waals surface area contributed by atoms with Gasteiger partial charge in [0.2, 0.25) is 0 Å². The zero-order chi connectivity index (χ0) is 16.1. The van der Waals surface area contributed by atoms with E-state index in [-0.39, 0.29) is 0 Å². The van der Waals surface area contributed by atoms with Gasteiger partial charge in [-0.15, -0.1) is 0 Å². The van der Waals surface area contributed by atoms with Crippen molar-refractivity contribution in [3.05, 3.63) is 72.8 Å². The molecule has 0 spiro atoms. The van der Waals surface area contributed by atoms with Crippen LogP contribution in [-0.4, -0.2) is 14.2 Å².